The zero-order chi connectivity index (χ0) is 15.4. The third-order valence-electron chi connectivity index (χ3n) is 3.42. The predicted molar refractivity (Wildman–Crippen MR) is 73.8 cm³/mol. The molecule has 0 aliphatic heterocycles. The van der Waals surface area contributed by atoms with Crippen LogP contribution in [0.4, 0.5) is 0 Å². The first kappa shape index (κ1) is 16.6. The third-order valence-corrected chi connectivity index (χ3v) is 5.01. The van der Waals surface area contributed by atoms with Gasteiger partial charge in [0.25, 0.3) is 0 Å². The lowest BCUT2D eigenvalue weighted by Gasteiger charge is -2.27. The summed E-state index contributed by atoms with van der Waals surface area (Å²) in [6.45, 7) is 5.83. The third kappa shape index (κ3) is 4.31. The van der Waals surface area contributed by atoms with E-state index in [1.54, 1.807) is 0 Å². The van der Waals surface area contributed by atoms with Crippen molar-refractivity contribution < 1.29 is 18.3 Å². The first-order valence-electron chi connectivity index (χ1n) is 6.50. The molecule has 0 spiro atoms. The minimum Gasteiger partial charge on any atom is -0.481 e. The van der Waals surface area contributed by atoms with E-state index in [-0.39, 0.29) is 17.9 Å². The summed E-state index contributed by atoms with van der Waals surface area (Å²) in [4.78, 5) is 10.5. The summed E-state index contributed by atoms with van der Waals surface area (Å²) in [5.74, 6) is -0.951. The molecule has 0 aliphatic carbocycles. The molecule has 20 heavy (non-hydrogen) atoms. The van der Waals surface area contributed by atoms with Crippen molar-refractivity contribution in [2.75, 3.05) is 0 Å². The molecule has 1 aromatic heterocycles. The Bertz CT molecular complexity index is 561. The maximum absolute atomic E-state index is 12.2. The molecule has 8 heteroatoms. The molecule has 2 N–H and O–H groups in total. The molecular formula is C12H21N3O4S. The molecule has 0 atom stereocenters. The number of carbonyl (C=O) groups is 1. The molecule has 0 aromatic carbocycles. The smallest absolute Gasteiger partial charge is 0.305 e. The van der Waals surface area contributed by atoms with Gasteiger partial charge < -0.3 is 5.11 Å². The highest BCUT2D eigenvalue weighted by Crippen LogP contribution is 2.18. The van der Waals surface area contributed by atoms with Crippen molar-refractivity contribution >= 4 is 16.0 Å². The predicted octanol–water partition coefficient (Wildman–Crippen LogP) is 1.21. The number of aromatic nitrogens is 2. The van der Waals surface area contributed by atoms with E-state index < -0.39 is 21.5 Å². The number of carboxylic acids is 1. The van der Waals surface area contributed by atoms with E-state index in [1.165, 1.54) is 17.1 Å². The van der Waals surface area contributed by atoms with E-state index in [1.807, 2.05) is 20.8 Å². The Kier molecular flexibility index (Phi) is 5.29. The monoisotopic (exact) mass is 303 g/mol. The van der Waals surface area contributed by atoms with Crippen molar-refractivity contribution in [3.8, 4) is 0 Å². The fraction of sp³-hybridized carbons (Fsp3) is 0.667. The largest absolute Gasteiger partial charge is 0.481 e. The Balaban J connectivity index is 2.86. The van der Waals surface area contributed by atoms with Crippen molar-refractivity contribution in [1.29, 1.82) is 0 Å². The van der Waals surface area contributed by atoms with Crippen molar-refractivity contribution in [2.24, 2.45) is 0 Å². The number of nitrogens with zero attached hydrogens (tertiary/aromatic N) is 2. The molecule has 0 amide bonds. The number of rotatable bonds is 8. The average molecular weight is 303 g/mol. The van der Waals surface area contributed by atoms with E-state index in [4.69, 9.17) is 5.11 Å². The maximum Gasteiger partial charge on any atom is 0.305 e. The molecule has 1 heterocycles. The standard InChI is InChI=1S/C12H21N3O4S/c1-4-12(3,5-2)14-20(18,19)10-8-13-15(9-10)7-6-11(16)17/h8-9,14H,4-7H2,1-3H3,(H,16,17). The Morgan fingerprint density at radius 1 is 1.45 bits per heavy atom. The van der Waals surface area contributed by atoms with E-state index in [9.17, 15) is 13.2 Å². The number of hydrogen-bond donors (Lipinski definition) is 2. The van der Waals surface area contributed by atoms with Crippen LogP contribution in [-0.2, 0) is 21.4 Å². The quantitative estimate of drug-likeness (QED) is 0.751. The normalized spacial score (nSPS) is 12.6. The summed E-state index contributed by atoms with van der Waals surface area (Å²) < 4.78 is 28.5. The van der Waals surface area contributed by atoms with Gasteiger partial charge in [-0.05, 0) is 19.8 Å². The summed E-state index contributed by atoms with van der Waals surface area (Å²) in [5, 5.41) is 12.5. The van der Waals surface area contributed by atoms with E-state index in [0.717, 1.165) is 0 Å². The van der Waals surface area contributed by atoms with Crippen LogP contribution in [0.3, 0.4) is 0 Å². The number of nitrogens with one attached hydrogen (secondary N) is 1. The number of carboxylic acid groups (broad SMARTS) is 1. The van der Waals surface area contributed by atoms with E-state index in [0.29, 0.717) is 12.8 Å². The van der Waals surface area contributed by atoms with Crippen LogP contribution in [0.2, 0.25) is 0 Å². The summed E-state index contributed by atoms with van der Waals surface area (Å²) in [6, 6.07) is 0. The number of aryl methyl sites for hydroxylation is 1. The van der Waals surface area contributed by atoms with Crippen LogP contribution in [0.5, 0.6) is 0 Å². The zero-order valence-electron chi connectivity index (χ0n) is 12.0. The van der Waals surface area contributed by atoms with Gasteiger partial charge in [-0.3, -0.25) is 9.48 Å². The summed E-state index contributed by atoms with van der Waals surface area (Å²) in [7, 11) is -3.64. The van der Waals surface area contributed by atoms with Gasteiger partial charge in [0.15, 0.2) is 0 Å². The molecule has 0 saturated carbocycles. The Labute approximate surface area is 119 Å². The van der Waals surface area contributed by atoms with Gasteiger partial charge in [0.1, 0.15) is 4.90 Å². The van der Waals surface area contributed by atoms with Crippen LogP contribution in [-0.4, -0.2) is 34.8 Å². The molecule has 0 saturated heterocycles. The highest BCUT2D eigenvalue weighted by Gasteiger charge is 2.28. The average Bonchev–Trinajstić information content (AvgIpc) is 2.85. The van der Waals surface area contributed by atoms with Crippen molar-refractivity contribution in [2.45, 2.75) is 57.0 Å². The number of sulfonamides is 1. The lowest BCUT2D eigenvalue weighted by molar-refractivity contribution is -0.137. The summed E-state index contributed by atoms with van der Waals surface area (Å²) in [6.07, 6.45) is 3.83. The second-order valence-corrected chi connectivity index (χ2v) is 6.64. The van der Waals surface area contributed by atoms with E-state index >= 15 is 0 Å². The summed E-state index contributed by atoms with van der Waals surface area (Å²) in [5.41, 5.74) is -0.498. The molecule has 0 aliphatic rings. The molecule has 0 fully saturated rings. The zero-order valence-corrected chi connectivity index (χ0v) is 12.8. The first-order valence-corrected chi connectivity index (χ1v) is 7.99. The number of aliphatic carboxylic acids is 1. The molecule has 0 unspecified atom stereocenters. The maximum atomic E-state index is 12.2. The van der Waals surface area contributed by atoms with Crippen LogP contribution in [0.1, 0.15) is 40.0 Å². The molecule has 114 valence electrons. The Hall–Kier alpha value is -1.41. The SMILES string of the molecule is CCC(C)(CC)NS(=O)(=O)c1cnn(CCC(=O)O)c1. The highest BCUT2D eigenvalue weighted by molar-refractivity contribution is 7.89. The van der Waals surface area contributed by atoms with Gasteiger partial charge in [-0.25, -0.2) is 13.1 Å². The molecular weight excluding hydrogens is 282 g/mol. The van der Waals surface area contributed by atoms with Gasteiger partial charge >= 0.3 is 5.97 Å². The van der Waals surface area contributed by atoms with Crippen LogP contribution in [0, 0.1) is 0 Å². The number of hydrogen-bond acceptors (Lipinski definition) is 4. The van der Waals surface area contributed by atoms with Crippen LogP contribution in [0.15, 0.2) is 17.3 Å². The highest BCUT2D eigenvalue weighted by atomic mass is 32.2. The topological polar surface area (TPSA) is 101 Å². The van der Waals surface area contributed by atoms with Gasteiger partial charge in [0.2, 0.25) is 10.0 Å². The van der Waals surface area contributed by atoms with Gasteiger partial charge in [0, 0.05) is 11.7 Å². The van der Waals surface area contributed by atoms with Crippen LogP contribution >= 0.6 is 0 Å². The lowest BCUT2D eigenvalue weighted by atomic mass is 9.98. The molecule has 0 radical (unpaired) electrons. The van der Waals surface area contributed by atoms with Gasteiger partial charge in [-0.2, -0.15) is 5.10 Å². The van der Waals surface area contributed by atoms with Crippen molar-refractivity contribution in [1.82, 2.24) is 14.5 Å². The first-order chi connectivity index (χ1) is 9.22. The van der Waals surface area contributed by atoms with Gasteiger partial charge in [0.05, 0.1) is 19.2 Å². The minimum absolute atomic E-state index is 0.0519. The van der Waals surface area contributed by atoms with Crippen LogP contribution < -0.4 is 4.72 Å². The molecule has 7 nitrogen and oxygen atoms in total. The van der Waals surface area contributed by atoms with Crippen LogP contribution in [0.25, 0.3) is 0 Å². The second-order valence-electron chi connectivity index (χ2n) is 4.96. The molecule has 0 bridgehead atoms. The Morgan fingerprint density at radius 2 is 2.05 bits per heavy atom. The van der Waals surface area contributed by atoms with Gasteiger partial charge in [-0.15, -0.1) is 0 Å². The fourth-order valence-electron chi connectivity index (χ4n) is 1.59. The fourth-order valence-corrected chi connectivity index (χ4v) is 3.10. The second kappa shape index (κ2) is 6.36. The van der Waals surface area contributed by atoms with Crippen molar-refractivity contribution in [3.05, 3.63) is 12.4 Å². The summed E-state index contributed by atoms with van der Waals surface area (Å²) >= 11 is 0. The Morgan fingerprint density at radius 3 is 2.55 bits per heavy atom. The van der Waals surface area contributed by atoms with Crippen molar-refractivity contribution in [3.63, 3.8) is 0 Å². The lowest BCUT2D eigenvalue weighted by Crippen LogP contribution is -2.44. The molecule has 1 rings (SSSR count). The van der Waals surface area contributed by atoms with E-state index in [2.05, 4.69) is 9.82 Å². The van der Waals surface area contributed by atoms with Gasteiger partial charge in [-0.1, -0.05) is 13.8 Å². The molecule has 1 aromatic rings. The minimum atomic E-state index is -3.64.